The number of hydrogen-bond donors (Lipinski definition) is 0. The van der Waals surface area contributed by atoms with Crippen LogP contribution in [0.2, 0.25) is 0 Å². The first-order valence-electron chi connectivity index (χ1n) is 5.98. The molecule has 1 heterocycles. The Kier molecular flexibility index (Phi) is 3.58. The zero-order valence-corrected chi connectivity index (χ0v) is 12.8. The minimum atomic E-state index is 1.04. The van der Waals surface area contributed by atoms with Crippen molar-refractivity contribution in [2.75, 3.05) is 6.26 Å². The van der Waals surface area contributed by atoms with Crippen LogP contribution in [0.1, 0.15) is 0 Å². The second kappa shape index (κ2) is 5.35. The largest absolute Gasteiger partial charge is 0.256 e. The first kappa shape index (κ1) is 12.7. The molecule has 0 unspecified atom stereocenters. The summed E-state index contributed by atoms with van der Waals surface area (Å²) in [6.45, 7) is 0. The summed E-state index contributed by atoms with van der Waals surface area (Å²) in [7, 11) is 0. The summed E-state index contributed by atoms with van der Waals surface area (Å²) in [4.78, 5) is 5.83. The maximum absolute atomic E-state index is 4.55. The molecule has 94 valence electrons. The number of hydrogen-bond acceptors (Lipinski definition) is 2. The van der Waals surface area contributed by atoms with Gasteiger partial charge in [-0.05, 0) is 30.0 Å². The van der Waals surface area contributed by atoms with E-state index in [2.05, 4.69) is 69.6 Å². The van der Waals surface area contributed by atoms with Crippen LogP contribution in [0.25, 0.3) is 22.0 Å². The Hall–Kier alpha value is -1.32. The van der Waals surface area contributed by atoms with Crippen LogP contribution in [-0.2, 0) is 0 Å². The van der Waals surface area contributed by atoms with Gasteiger partial charge in [-0.15, -0.1) is 11.8 Å². The molecule has 0 spiro atoms. The maximum atomic E-state index is 4.55. The Morgan fingerprint density at radius 3 is 2.63 bits per heavy atom. The van der Waals surface area contributed by atoms with E-state index in [-0.39, 0.29) is 0 Å². The highest BCUT2D eigenvalue weighted by atomic mass is 79.9. The van der Waals surface area contributed by atoms with Gasteiger partial charge in [0, 0.05) is 26.5 Å². The normalized spacial score (nSPS) is 10.8. The van der Waals surface area contributed by atoms with Crippen LogP contribution < -0.4 is 0 Å². The van der Waals surface area contributed by atoms with Crippen molar-refractivity contribution in [3.63, 3.8) is 0 Å². The third-order valence-electron chi connectivity index (χ3n) is 3.11. The van der Waals surface area contributed by atoms with Crippen molar-refractivity contribution >= 4 is 38.6 Å². The molecule has 3 aromatic rings. The van der Waals surface area contributed by atoms with Gasteiger partial charge in [-0.2, -0.15) is 0 Å². The number of nitrogens with zero attached hydrogens (tertiary/aromatic N) is 1. The van der Waals surface area contributed by atoms with Gasteiger partial charge in [-0.3, -0.25) is 4.98 Å². The summed E-state index contributed by atoms with van der Waals surface area (Å²) in [5, 5.41) is 1.15. The number of benzene rings is 2. The van der Waals surface area contributed by atoms with E-state index in [0.29, 0.717) is 0 Å². The number of halogens is 1. The van der Waals surface area contributed by atoms with Crippen LogP contribution in [-0.4, -0.2) is 11.2 Å². The van der Waals surface area contributed by atoms with Crippen molar-refractivity contribution in [3.05, 3.63) is 59.2 Å². The minimum Gasteiger partial charge on any atom is -0.256 e. The van der Waals surface area contributed by atoms with Gasteiger partial charge in [0.15, 0.2) is 0 Å². The lowest BCUT2D eigenvalue weighted by Crippen LogP contribution is -1.87. The van der Waals surface area contributed by atoms with Crippen molar-refractivity contribution in [2.24, 2.45) is 0 Å². The Morgan fingerprint density at radius 1 is 0.947 bits per heavy atom. The molecule has 3 rings (SSSR count). The summed E-state index contributed by atoms with van der Waals surface area (Å²) in [6.07, 6.45) is 3.95. The van der Waals surface area contributed by atoms with Crippen LogP contribution in [0.3, 0.4) is 0 Å². The molecule has 0 atom stereocenters. The molecule has 2 aromatic carbocycles. The van der Waals surface area contributed by atoms with E-state index in [1.807, 2.05) is 12.3 Å². The first-order chi connectivity index (χ1) is 9.31. The second-order valence-corrected chi connectivity index (χ2v) is 5.90. The van der Waals surface area contributed by atoms with Gasteiger partial charge in [0.1, 0.15) is 0 Å². The Bertz CT molecular complexity index is 740. The molecule has 19 heavy (non-hydrogen) atoms. The van der Waals surface area contributed by atoms with Gasteiger partial charge in [-0.25, -0.2) is 0 Å². The smallest absolute Gasteiger partial charge is 0.0792 e. The zero-order chi connectivity index (χ0) is 13.2. The van der Waals surface area contributed by atoms with Crippen LogP contribution in [0.4, 0.5) is 0 Å². The Balaban J connectivity index is 2.34. The van der Waals surface area contributed by atoms with Gasteiger partial charge in [0.25, 0.3) is 0 Å². The average molecular weight is 330 g/mol. The van der Waals surface area contributed by atoms with Gasteiger partial charge in [0.05, 0.1) is 5.52 Å². The fourth-order valence-electron chi connectivity index (χ4n) is 2.22. The maximum Gasteiger partial charge on any atom is 0.0792 e. The molecular formula is C16H12BrNS. The summed E-state index contributed by atoms with van der Waals surface area (Å²) >= 11 is 5.36. The predicted molar refractivity (Wildman–Crippen MR) is 86.7 cm³/mol. The third-order valence-corrected chi connectivity index (χ3v) is 4.60. The standard InChI is InChI=1S/C16H12BrNS/c1-19-15-7-3-2-5-11(15)12-8-9-14(17)13-6-4-10-18-16(12)13/h2-10H,1H3. The van der Waals surface area contributed by atoms with E-state index in [0.717, 1.165) is 15.4 Å². The Morgan fingerprint density at radius 2 is 1.79 bits per heavy atom. The lowest BCUT2D eigenvalue weighted by atomic mass is 10.0. The highest BCUT2D eigenvalue weighted by molar-refractivity contribution is 9.10. The van der Waals surface area contributed by atoms with E-state index < -0.39 is 0 Å². The molecule has 0 amide bonds. The quantitative estimate of drug-likeness (QED) is 0.585. The summed E-state index contributed by atoms with van der Waals surface area (Å²) in [5.74, 6) is 0. The number of pyridine rings is 1. The lowest BCUT2D eigenvalue weighted by Gasteiger charge is -2.10. The molecule has 1 aromatic heterocycles. The minimum absolute atomic E-state index is 1.04. The fourth-order valence-corrected chi connectivity index (χ4v) is 3.29. The van der Waals surface area contributed by atoms with E-state index in [9.17, 15) is 0 Å². The molecule has 0 aliphatic carbocycles. The number of rotatable bonds is 2. The molecule has 0 saturated carbocycles. The van der Waals surface area contributed by atoms with Gasteiger partial charge in [0.2, 0.25) is 0 Å². The van der Waals surface area contributed by atoms with Crippen molar-refractivity contribution in [3.8, 4) is 11.1 Å². The highest BCUT2D eigenvalue weighted by Crippen LogP contribution is 2.36. The van der Waals surface area contributed by atoms with Crippen molar-refractivity contribution in [1.82, 2.24) is 4.98 Å². The first-order valence-corrected chi connectivity index (χ1v) is 7.99. The Labute approximate surface area is 125 Å². The van der Waals surface area contributed by atoms with E-state index in [4.69, 9.17) is 0 Å². The van der Waals surface area contributed by atoms with Crippen LogP contribution >= 0.6 is 27.7 Å². The van der Waals surface area contributed by atoms with Crippen LogP contribution in [0.15, 0.2) is 64.1 Å². The lowest BCUT2D eigenvalue weighted by molar-refractivity contribution is 1.39. The van der Waals surface area contributed by atoms with Gasteiger partial charge < -0.3 is 0 Å². The van der Waals surface area contributed by atoms with E-state index in [1.54, 1.807) is 11.8 Å². The van der Waals surface area contributed by atoms with Gasteiger partial charge in [-0.1, -0.05) is 46.3 Å². The monoisotopic (exact) mass is 329 g/mol. The molecule has 3 heteroatoms. The molecule has 0 aliphatic rings. The van der Waals surface area contributed by atoms with Gasteiger partial charge >= 0.3 is 0 Å². The summed E-state index contributed by atoms with van der Waals surface area (Å²) in [5.41, 5.74) is 3.47. The molecular weight excluding hydrogens is 318 g/mol. The molecule has 1 nitrogen and oxygen atoms in total. The van der Waals surface area contributed by atoms with Crippen molar-refractivity contribution in [2.45, 2.75) is 4.90 Å². The molecule has 0 bridgehead atoms. The zero-order valence-electron chi connectivity index (χ0n) is 10.4. The average Bonchev–Trinajstić information content (AvgIpc) is 2.48. The van der Waals surface area contributed by atoms with Crippen molar-refractivity contribution < 1.29 is 0 Å². The molecule has 0 radical (unpaired) electrons. The fraction of sp³-hybridized carbons (Fsp3) is 0.0625. The predicted octanol–water partition coefficient (Wildman–Crippen LogP) is 5.39. The second-order valence-electron chi connectivity index (χ2n) is 4.19. The summed E-state index contributed by atoms with van der Waals surface area (Å²) < 4.78 is 1.08. The molecule has 0 aliphatic heterocycles. The summed E-state index contributed by atoms with van der Waals surface area (Å²) in [6, 6.07) is 16.7. The van der Waals surface area contributed by atoms with E-state index in [1.165, 1.54) is 16.0 Å². The SMILES string of the molecule is CSc1ccccc1-c1ccc(Br)c2cccnc12. The third kappa shape index (κ3) is 2.28. The highest BCUT2D eigenvalue weighted by Gasteiger charge is 2.10. The molecule has 0 N–H and O–H groups in total. The molecule has 0 fully saturated rings. The van der Waals surface area contributed by atoms with E-state index >= 15 is 0 Å². The van der Waals surface area contributed by atoms with Crippen molar-refractivity contribution in [1.29, 1.82) is 0 Å². The topological polar surface area (TPSA) is 12.9 Å². The molecule has 0 saturated heterocycles. The number of thioether (sulfide) groups is 1. The number of aromatic nitrogens is 1. The van der Waals surface area contributed by atoms with Crippen LogP contribution in [0, 0.1) is 0 Å². The van der Waals surface area contributed by atoms with Crippen LogP contribution in [0.5, 0.6) is 0 Å². The number of fused-ring (bicyclic) bond motifs is 1.